The maximum atomic E-state index is 13.1. The minimum atomic E-state index is -0.665. The third-order valence-corrected chi connectivity index (χ3v) is 3.30. The zero-order valence-electron chi connectivity index (χ0n) is 12.8. The van der Waals surface area contributed by atoms with E-state index in [1.165, 1.54) is 18.2 Å². The van der Waals surface area contributed by atoms with Crippen molar-refractivity contribution in [2.75, 3.05) is 18.5 Å². The fourth-order valence-electron chi connectivity index (χ4n) is 2.20. The molecule has 1 fully saturated rings. The summed E-state index contributed by atoms with van der Waals surface area (Å²) in [5.74, 6) is -0.477. The number of nitrogens with one attached hydrogen (secondary N) is 1. The van der Waals surface area contributed by atoms with Gasteiger partial charge < -0.3 is 14.8 Å². The Hall–Kier alpha value is -2.54. The molecule has 7 heteroatoms. The van der Waals surface area contributed by atoms with Crippen LogP contribution in [-0.2, 0) is 4.74 Å². The molecule has 3 heterocycles. The SMILES string of the molecule is Cc1cc(OC2(C)COC2)cc(C(=O)Nc2cccc(F)n2)n1. The van der Waals surface area contributed by atoms with Gasteiger partial charge in [0.1, 0.15) is 17.3 Å². The molecule has 1 amide bonds. The number of halogens is 1. The first-order valence-electron chi connectivity index (χ1n) is 7.13. The van der Waals surface area contributed by atoms with Crippen LogP contribution in [0.1, 0.15) is 23.1 Å². The van der Waals surface area contributed by atoms with E-state index in [1.807, 2.05) is 6.92 Å². The summed E-state index contributed by atoms with van der Waals surface area (Å²) in [6, 6.07) is 7.47. The van der Waals surface area contributed by atoms with Gasteiger partial charge in [0.05, 0.1) is 13.2 Å². The molecule has 120 valence electrons. The fourth-order valence-corrected chi connectivity index (χ4v) is 2.20. The Balaban J connectivity index is 1.78. The van der Waals surface area contributed by atoms with Crippen LogP contribution in [0.2, 0.25) is 0 Å². The Morgan fingerprint density at radius 1 is 1.35 bits per heavy atom. The summed E-state index contributed by atoms with van der Waals surface area (Å²) in [6.07, 6.45) is 0. The zero-order valence-corrected chi connectivity index (χ0v) is 12.8. The number of anilines is 1. The first-order valence-corrected chi connectivity index (χ1v) is 7.13. The van der Waals surface area contributed by atoms with Crippen LogP contribution in [0, 0.1) is 12.9 Å². The minimum absolute atomic E-state index is 0.125. The average Bonchev–Trinajstić information content (AvgIpc) is 2.45. The molecule has 0 spiro atoms. The Kier molecular flexibility index (Phi) is 3.96. The van der Waals surface area contributed by atoms with Crippen LogP contribution < -0.4 is 10.1 Å². The number of aryl methyl sites for hydroxylation is 1. The van der Waals surface area contributed by atoms with Gasteiger partial charge in [-0.1, -0.05) is 6.07 Å². The summed E-state index contributed by atoms with van der Waals surface area (Å²) in [6.45, 7) is 4.71. The Bertz CT molecular complexity index is 747. The number of pyridine rings is 2. The molecule has 0 radical (unpaired) electrons. The number of aromatic nitrogens is 2. The maximum Gasteiger partial charge on any atom is 0.275 e. The largest absolute Gasteiger partial charge is 0.483 e. The summed E-state index contributed by atoms with van der Waals surface area (Å²) in [5.41, 5.74) is 0.435. The van der Waals surface area contributed by atoms with Gasteiger partial charge in [0.2, 0.25) is 5.95 Å². The second-order valence-electron chi connectivity index (χ2n) is 5.67. The Morgan fingerprint density at radius 3 is 2.78 bits per heavy atom. The molecule has 0 bridgehead atoms. The van der Waals surface area contributed by atoms with Crippen LogP contribution in [0.4, 0.5) is 10.2 Å². The number of carbonyl (C=O) groups excluding carboxylic acids is 1. The van der Waals surface area contributed by atoms with Crippen molar-refractivity contribution < 1.29 is 18.7 Å². The van der Waals surface area contributed by atoms with Crippen molar-refractivity contribution in [3.63, 3.8) is 0 Å². The number of ether oxygens (including phenoxy) is 2. The Labute approximate surface area is 132 Å². The van der Waals surface area contributed by atoms with E-state index in [4.69, 9.17) is 9.47 Å². The molecule has 2 aromatic rings. The van der Waals surface area contributed by atoms with E-state index in [1.54, 1.807) is 19.1 Å². The highest BCUT2D eigenvalue weighted by Crippen LogP contribution is 2.26. The number of carbonyl (C=O) groups is 1. The molecule has 0 saturated carbocycles. The van der Waals surface area contributed by atoms with Gasteiger partial charge in [0, 0.05) is 17.8 Å². The predicted molar refractivity (Wildman–Crippen MR) is 81.0 cm³/mol. The van der Waals surface area contributed by atoms with E-state index in [9.17, 15) is 9.18 Å². The van der Waals surface area contributed by atoms with Crippen LogP contribution in [0.25, 0.3) is 0 Å². The van der Waals surface area contributed by atoms with E-state index >= 15 is 0 Å². The molecule has 0 atom stereocenters. The monoisotopic (exact) mass is 317 g/mol. The molecule has 23 heavy (non-hydrogen) atoms. The lowest BCUT2D eigenvalue weighted by atomic mass is 10.1. The van der Waals surface area contributed by atoms with E-state index in [0.29, 0.717) is 24.7 Å². The molecular formula is C16H16FN3O3. The highest BCUT2D eigenvalue weighted by Gasteiger charge is 2.36. The van der Waals surface area contributed by atoms with Crippen molar-refractivity contribution in [1.82, 2.24) is 9.97 Å². The highest BCUT2D eigenvalue weighted by atomic mass is 19.1. The fraction of sp³-hybridized carbons (Fsp3) is 0.312. The molecule has 1 saturated heterocycles. The van der Waals surface area contributed by atoms with E-state index < -0.39 is 11.9 Å². The molecule has 1 N–H and O–H groups in total. The quantitative estimate of drug-likeness (QED) is 0.876. The first-order chi connectivity index (χ1) is 10.9. The van der Waals surface area contributed by atoms with Gasteiger partial charge in [-0.25, -0.2) is 9.97 Å². The smallest absolute Gasteiger partial charge is 0.275 e. The molecule has 2 aromatic heterocycles. The maximum absolute atomic E-state index is 13.1. The Morgan fingerprint density at radius 2 is 2.13 bits per heavy atom. The third-order valence-electron chi connectivity index (χ3n) is 3.30. The van der Waals surface area contributed by atoms with Crippen molar-refractivity contribution in [2.45, 2.75) is 19.4 Å². The summed E-state index contributed by atoms with van der Waals surface area (Å²) in [4.78, 5) is 20.0. The lowest BCUT2D eigenvalue weighted by Gasteiger charge is -2.38. The number of amides is 1. The average molecular weight is 317 g/mol. The minimum Gasteiger partial charge on any atom is -0.483 e. The van der Waals surface area contributed by atoms with Gasteiger partial charge in [-0.05, 0) is 26.0 Å². The van der Waals surface area contributed by atoms with Gasteiger partial charge in [0.15, 0.2) is 5.60 Å². The van der Waals surface area contributed by atoms with Crippen molar-refractivity contribution in [3.05, 3.63) is 47.7 Å². The summed E-state index contributed by atoms with van der Waals surface area (Å²) < 4.78 is 24.1. The van der Waals surface area contributed by atoms with Crippen LogP contribution in [0.5, 0.6) is 5.75 Å². The van der Waals surface area contributed by atoms with Crippen LogP contribution in [0.15, 0.2) is 30.3 Å². The molecule has 0 aromatic carbocycles. The number of hydrogen-bond donors (Lipinski definition) is 1. The number of nitrogens with zero attached hydrogens (tertiary/aromatic N) is 2. The second-order valence-corrected chi connectivity index (χ2v) is 5.67. The van der Waals surface area contributed by atoms with Gasteiger partial charge >= 0.3 is 0 Å². The number of hydrogen-bond acceptors (Lipinski definition) is 5. The van der Waals surface area contributed by atoms with Crippen molar-refractivity contribution in [1.29, 1.82) is 0 Å². The van der Waals surface area contributed by atoms with Gasteiger partial charge in [-0.3, -0.25) is 4.79 Å². The van der Waals surface area contributed by atoms with E-state index in [0.717, 1.165) is 0 Å². The highest BCUT2D eigenvalue weighted by molar-refractivity contribution is 6.02. The first kappa shape index (κ1) is 15.4. The standard InChI is InChI=1S/C16H16FN3O3/c1-10-6-11(23-16(2)8-22-9-16)7-12(18-10)15(21)20-14-5-3-4-13(17)19-14/h3-7H,8-9H2,1-2H3,(H,19,20,21). The molecule has 0 unspecified atom stereocenters. The number of rotatable bonds is 4. The van der Waals surface area contributed by atoms with E-state index in [2.05, 4.69) is 15.3 Å². The van der Waals surface area contributed by atoms with Crippen LogP contribution in [0.3, 0.4) is 0 Å². The summed E-state index contributed by atoms with van der Waals surface area (Å²) in [5, 5.41) is 2.51. The lowest BCUT2D eigenvalue weighted by Crippen LogP contribution is -2.51. The topological polar surface area (TPSA) is 73.3 Å². The summed E-state index contributed by atoms with van der Waals surface area (Å²) >= 11 is 0. The molecule has 1 aliphatic heterocycles. The van der Waals surface area contributed by atoms with Crippen molar-refractivity contribution >= 4 is 11.7 Å². The van der Waals surface area contributed by atoms with E-state index in [-0.39, 0.29) is 17.1 Å². The summed E-state index contributed by atoms with van der Waals surface area (Å²) in [7, 11) is 0. The molecule has 0 aliphatic carbocycles. The van der Waals surface area contributed by atoms with Gasteiger partial charge in [-0.2, -0.15) is 4.39 Å². The van der Waals surface area contributed by atoms with Gasteiger partial charge in [-0.15, -0.1) is 0 Å². The van der Waals surface area contributed by atoms with Gasteiger partial charge in [0.25, 0.3) is 5.91 Å². The van der Waals surface area contributed by atoms with Crippen molar-refractivity contribution in [2.24, 2.45) is 0 Å². The normalized spacial score (nSPS) is 15.6. The lowest BCUT2D eigenvalue weighted by molar-refractivity contribution is -0.149. The van der Waals surface area contributed by atoms with Crippen LogP contribution in [-0.4, -0.2) is 34.7 Å². The third kappa shape index (κ3) is 3.62. The van der Waals surface area contributed by atoms with Crippen molar-refractivity contribution in [3.8, 4) is 5.75 Å². The molecule has 1 aliphatic rings. The van der Waals surface area contributed by atoms with Crippen LogP contribution >= 0.6 is 0 Å². The molecule has 3 rings (SSSR count). The second kappa shape index (κ2) is 5.92. The zero-order chi connectivity index (χ0) is 16.4. The molecule has 6 nitrogen and oxygen atoms in total. The molecular weight excluding hydrogens is 301 g/mol. The predicted octanol–water partition coefficient (Wildman–Crippen LogP) is 2.34.